The Morgan fingerprint density at radius 3 is 2.44 bits per heavy atom. The van der Waals surface area contributed by atoms with Crippen LogP contribution in [0.2, 0.25) is 0 Å². The van der Waals surface area contributed by atoms with Gasteiger partial charge in [-0.15, -0.1) is 0 Å². The van der Waals surface area contributed by atoms with Gasteiger partial charge in [0, 0.05) is 30.8 Å². The van der Waals surface area contributed by atoms with Crippen molar-refractivity contribution in [1.82, 2.24) is 10.6 Å². The third kappa shape index (κ3) is 4.28. The summed E-state index contributed by atoms with van der Waals surface area (Å²) in [6.45, 7) is 1.52. The van der Waals surface area contributed by atoms with Gasteiger partial charge in [-0.1, -0.05) is 25.7 Å². The fraction of sp³-hybridized carbons (Fsp3) is 0.600. The first-order valence-corrected chi connectivity index (χ1v) is 9.96. The molecule has 0 radical (unpaired) electrons. The lowest BCUT2D eigenvalue weighted by molar-refractivity contribution is -0.117. The number of ether oxygens (including phenoxy) is 2. The Morgan fingerprint density at radius 2 is 1.67 bits per heavy atom. The zero-order valence-corrected chi connectivity index (χ0v) is 15.5. The summed E-state index contributed by atoms with van der Waals surface area (Å²) in [6, 6.07) is 5.43. The van der Waals surface area contributed by atoms with Gasteiger partial charge in [0.05, 0.1) is 6.04 Å². The largest absolute Gasteiger partial charge is 0.486 e. The number of carbonyl (C=O) groups is 2. The molecule has 2 N–H and O–H groups in total. The van der Waals surface area contributed by atoms with Crippen LogP contribution in [0.5, 0.6) is 11.5 Å². The molecule has 7 heteroatoms. The van der Waals surface area contributed by atoms with Crippen LogP contribution in [0.15, 0.2) is 18.2 Å². The summed E-state index contributed by atoms with van der Waals surface area (Å²) in [7, 11) is 0. The number of amides is 3. The molecule has 1 saturated carbocycles. The van der Waals surface area contributed by atoms with Crippen LogP contribution in [-0.4, -0.2) is 43.8 Å². The minimum Gasteiger partial charge on any atom is -0.486 e. The van der Waals surface area contributed by atoms with Gasteiger partial charge in [-0.05, 0) is 25.0 Å². The Hall–Kier alpha value is -2.44. The molecular formula is C20H27N3O4. The van der Waals surface area contributed by atoms with Crippen LogP contribution in [0.4, 0.5) is 10.5 Å². The molecule has 2 fully saturated rings. The number of hydrogen-bond acceptors (Lipinski definition) is 4. The SMILES string of the molecule is O=C(NC1CCCCCC1)NC1CC(=O)N(c2ccc3c(c2)OCCO3)C1. The summed E-state index contributed by atoms with van der Waals surface area (Å²) in [4.78, 5) is 26.5. The van der Waals surface area contributed by atoms with Gasteiger partial charge in [0.2, 0.25) is 5.91 Å². The van der Waals surface area contributed by atoms with E-state index in [0.29, 0.717) is 37.7 Å². The normalized spacial score (nSPS) is 23.0. The average molecular weight is 373 g/mol. The Bertz CT molecular complexity index is 700. The lowest BCUT2D eigenvalue weighted by Crippen LogP contribution is -2.47. The monoisotopic (exact) mass is 373 g/mol. The number of nitrogens with zero attached hydrogens (tertiary/aromatic N) is 1. The average Bonchev–Trinajstić information content (AvgIpc) is 2.86. The van der Waals surface area contributed by atoms with E-state index in [9.17, 15) is 9.59 Å². The number of nitrogens with one attached hydrogen (secondary N) is 2. The summed E-state index contributed by atoms with van der Waals surface area (Å²) in [5.41, 5.74) is 0.776. The summed E-state index contributed by atoms with van der Waals surface area (Å²) in [5.74, 6) is 1.37. The number of rotatable bonds is 3. The van der Waals surface area contributed by atoms with Crippen molar-refractivity contribution in [3.05, 3.63) is 18.2 Å². The quantitative estimate of drug-likeness (QED) is 0.798. The van der Waals surface area contributed by atoms with Crippen molar-refractivity contribution in [1.29, 1.82) is 0 Å². The molecule has 146 valence electrons. The molecule has 4 rings (SSSR count). The highest BCUT2D eigenvalue weighted by Gasteiger charge is 2.32. The fourth-order valence-corrected chi connectivity index (χ4v) is 4.09. The van der Waals surface area contributed by atoms with Crippen molar-refractivity contribution in [3.63, 3.8) is 0 Å². The van der Waals surface area contributed by atoms with Crippen LogP contribution in [0.3, 0.4) is 0 Å². The van der Waals surface area contributed by atoms with E-state index in [1.807, 2.05) is 18.2 Å². The van der Waals surface area contributed by atoms with Crippen molar-refractivity contribution in [2.75, 3.05) is 24.7 Å². The lowest BCUT2D eigenvalue weighted by Gasteiger charge is -2.22. The molecule has 1 saturated heterocycles. The summed E-state index contributed by atoms with van der Waals surface area (Å²) in [6.07, 6.45) is 7.24. The Balaban J connectivity index is 1.34. The first-order valence-electron chi connectivity index (χ1n) is 9.96. The molecule has 0 aromatic heterocycles. The fourth-order valence-electron chi connectivity index (χ4n) is 4.09. The molecule has 3 aliphatic rings. The molecular weight excluding hydrogens is 346 g/mol. The molecule has 0 spiro atoms. The van der Waals surface area contributed by atoms with Gasteiger partial charge in [-0.2, -0.15) is 0 Å². The second kappa shape index (κ2) is 8.06. The summed E-state index contributed by atoms with van der Waals surface area (Å²) < 4.78 is 11.1. The van der Waals surface area contributed by atoms with Crippen LogP contribution in [0, 0.1) is 0 Å². The molecule has 7 nitrogen and oxygen atoms in total. The van der Waals surface area contributed by atoms with Gasteiger partial charge in [0.25, 0.3) is 0 Å². The Kier molecular flexibility index (Phi) is 5.36. The number of hydrogen-bond donors (Lipinski definition) is 2. The summed E-state index contributed by atoms with van der Waals surface area (Å²) >= 11 is 0. The smallest absolute Gasteiger partial charge is 0.315 e. The number of urea groups is 1. The van der Waals surface area contributed by atoms with Crippen LogP contribution < -0.4 is 25.0 Å². The molecule has 27 heavy (non-hydrogen) atoms. The third-order valence-corrected chi connectivity index (χ3v) is 5.49. The predicted molar refractivity (Wildman–Crippen MR) is 101 cm³/mol. The number of anilines is 1. The number of benzene rings is 1. The standard InChI is InChI=1S/C20H27N3O4/c24-19-11-15(22-20(25)21-14-5-3-1-2-4-6-14)13-23(19)16-7-8-17-18(12-16)27-10-9-26-17/h7-8,12,14-15H,1-6,9-11,13H2,(H2,21,22,25). The first-order chi connectivity index (χ1) is 13.2. The van der Waals surface area contributed by atoms with Crippen molar-refractivity contribution in [2.24, 2.45) is 0 Å². The molecule has 1 aliphatic carbocycles. The topological polar surface area (TPSA) is 79.9 Å². The van der Waals surface area contributed by atoms with Gasteiger partial charge in [-0.3, -0.25) is 4.79 Å². The molecule has 2 aliphatic heterocycles. The van der Waals surface area contributed by atoms with E-state index >= 15 is 0 Å². The van der Waals surface area contributed by atoms with Crippen LogP contribution >= 0.6 is 0 Å². The number of fused-ring (bicyclic) bond motifs is 1. The van der Waals surface area contributed by atoms with E-state index < -0.39 is 0 Å². The summed E-state index contributed by atoms with van der Waals surface area (Å²) in [5, 5.41) is 6.05. The van der Waals surface area contributed by atoms with Crippen LogP contribution in [0.25, 0.3) is 0 Å². The molecule has 1 unspecified atom stereocenters. The maximum Gasteiger partial charge on any atom is 0.315 e. The minimum atomic E-state index is -0.184. The van der Waals surface area contributed by atoms with Crippen molar-refractivity contribution in [3.8, 4) is 11.5 Å². The van der Waals surface area contributed by atoms with Gasteiger partial charge in [-0.25, -0.2) is 4.79 Å². The van der Waals surface area contributed by atoms with E-state index in [1.54, 1.807) is 4.90 Å². The zero-order valence-electron chi connectivity index (χ0n) is 15.5. The minimum absolute atomic E-state index is 0.00597. The highest BCUT2D eigenvalue weighted by molar-refractivity contribution is 5.97. The van der Waals surface area contributed by atoms with E-state index in [0.717, 1.165) is 18.5 Å². The van der Waals surface area contributed by atoms with Crippen molar-refractivity contribution >= 4 is 17.6 Å². The molecule has 0 bridgehead atoms. The molecule has 2 heterocycles. The third-order valence-electron chi connectivity index (χ3n) is 5.49. The van der Waals surface area contributed by atoms with E-state index in [2.05, 4.69) is 10.6 Å². The van der Waals surface area contributed by atoms with Gasteiger partial charge >= 0.3 is 6.03 Å². The van der Waals surface area contributed by atoms with E-state index in [1.165, 1.54) is 25.7 Å². The Morgan fingerprint density at radius 1 is 0.963 bits per heavy atom. The molecule has 1 atom stereocenters. The molecule has 1 aromatic carbocycles. The maximum atomic E-state index is 12.5. The second-order valence-corrected chi connectivity index (χ2v) is 7.54. The predicted octanol–water partition coefficient (Wildman–Crippen LogP) is 2.59. The van der Waals surface area contributed by atoms with Gasteiger partial charge in [0.1, 0.15) is 13.2 Å². The molecule has 1 aromatic rings. The van der Waals surface area contributed by atoms with Crippen molar-refractivity contribution in [2.45, 2.75) is 57.0 Å². The van der Waals surface area contributed by atoms with Crippen LogP contribution in [-0.2, 0) is 4.79 Å². The van der Waals surface area contributed by atoms with Crippen LogP contribution in [0.1, 0.15) is 44.9 Å². The maximum absolute atomic E-state index is 12.5. The van der Waals surface area contributed by atoms with E-state index in [-0.39, 0.29) is 24.0 Å². The highest BCUT2D eigenvalue weighted by Crippen LogP contribution is 2.35. The Labute approximate surface area is 159 Å². The van der Waals surface area contributed by atoms with E-state index in [4.69, 9.17) is 9.47 Å². The van der Waals surface area contributed by atoms with Gasteiger partial charge < -0.3 is 25.0 Å². The highest BCUT2D eigenvalue weighted by atomic mass is 16.6. The van der Waals surface area contributed by atoms with Gasteiger partial charge in [0.15, 0.2) is 11.5 Å². The zero-order chi connectivity index (χ0) is 18.6. The lowest BCUT2D eigenvalue weighted by atomic mass is 10.1. The molecule has 3 amide bonds. The number of carbonyl (C=O) groups excluding carboxylic acids is 2. The van der Waals surface area contributed by atoms with Crippen molar-refractivity contribution < 1.29 is 19.1 Å². The first kappa shape index (κ1) is 17.9. The second-order valence-electron chi connectivity index (χ2n) is 7.54.